The molecule has 0 atom stereocenters. The van der Waals surface area contributed by atoms with Gasteiger partial charge in [0.05, 0.1) is 0 Å². The van der Waals surface area contributed by atoms with E-state index in [2.05, 4.69) is 24.9 Å². The van der Waals surface area contributed by atoms with Gasteiger partial charge in [-0.2, -0.15) is 0 Å². The minimum absolute atomic E-state index is 0.0958. The molecule has 3 heteroatoms. The number of hydrogen-bond donors (Lipinski definition) is 1. The normalized spacial score (nSPS) is 19.2. The van der Waals surface area contributed by atoms with Crippen molar-refractivity contribution in [1.82, 2.24) is 4.90 Å². The van der Waals surface area contributed by atoms with E-state index >= 15 is 0 Å². The molecule has 0 radical (unpaired) electrons. The van der Waals surface area contributed by atoms with Crippen LogP contribution in [-0.2, 0) is 10.3 Å². The van der Waals surface area contributed by atoms with Crippen molar-refractivity contribution in [3.63, 3.8) is 0 Å². The molecule has 1 saturated carbocycles. The van der Waals surface area contributed by atoms with Gasteiger partial charge in [0, 0.05) is 18.4 Å². The zero-order valence-corrected chi connectivity index (χ0v) is 11.1. The fraction of sp³-hybridized carbons (Fsp3) is 0.533. The van der Waals surface area contributed by atoms with Gasteiger partial charge in [0.1, 0.15) is 11.5 Å². The van der Waals surface area contributed by atoms with Crippen LogP contribution in [0.2, 0.25) is 0 Å². The second-order valence-electron chi connectivity index (χ2n) is 5.13. The Morgan fingerprint density at radius 3 is 2.56 bits per heavy atom. The van der Waals surface area contributed by atoms with Gasteiger partial charge < -0.3 is 5.11 Å². The maximum absolute atomic E-state index is 11.5. The van der Waals surface area contributed by atoms with E-state index in [1.807, 2.05) is 12.1 Å². The number of phenolic OH excluding ortho intramolecular Hbond substituents is 1. The number of rotatable bonds is 3. The third-order valence-corrected chi connectivity index (χ3v) is 4.22. The summed E-state index contributed by atoms with van der Waals surface area (Å²) in [6, 6.07) is 7.47. The number of ketones is 1. The summed E-state index contributed by atoms with van der Waals surface area (Å²) in [6.45, 7) is 3.06. The molecule has 0 bridgehead atoms. The lowest BCUT2D eigenvalue weighted by molar-refractivity contribution is -0.123. The third-order valence-electron chi connectivity index (χ3n) is 4.22. The van der Waals surface area contributed by atoms with E-state index in [0.717, 1.165) is 24.9 Å². The number of carbonyl (C=O) groups excluding carboxylic acids is 1. The molecule has 1 fully saturated rings. The molecular weight excluding hydrogens is 226 g/mol. The van der Waals surface area contributed by atoms with E-state index in [0.29, 0.717) is 24.4 Å². The summed E-state index contributed by atoms with van der Waals surface area (Å²) in [6.07, 6.45) is 2.97. The molecule has 98 valence electrons. The average molecular weight is 247 g/mol. The Hall–Kier alpha value is -1.35. The van der Waals surface area contributed by atoms with Crippen LogP contribution in [0.1, 0.15) is 38.2 Å². The van der Waals surface area contributed by atoms with E-state index in [9.17, 15) is 9.90 Å². The molecule has 18 heavy (non-hydrogen) atoms. The first-order valence-electron chi connectivity index (χ1n) is 6.61. The molecule has 0 aliphatic heterocycles. The maximum Gasteiger partial charge on any atom is 0.133 e. The predicted octanol–water partition coefficient (Wildman–Crippen LogP) is 2.68. The van der Waals surface area contributed by atoms with E-state index in [1.165, 1.54) is 0 Å². The van der Waals surface area contributed by atoms with Crippen LogP contribution in [0.5, 0.6) is 5.75 Å². The van der Waals surface area contributed by atoms with E-state index in [1.54, 1.807) is 6.07 Å². The highest BCUT2D eigenvalue weighted by Gasteiger charge is 2.39. The van der Waals surface area contributed by atoms with E-state index in [4.69, 9.17) is 0 Å². The van der Waals surface area contributed by atoms with Crippen molar-refractivity contribution >= 4 is 5.78 Å². The van der Waals surface area contributed by atoms with Gasteiger partial charge in [-0.1, -0.05) is 19.1 Å². The van der Waals surface area contributed by atoms with Gasteiger partial charge in [0.25, 0.3) is 0 Å². The molecule has 0 unspecified atom stereocenters. The smallest absolute Gasteiger partial charge is 0.133 e. The number of hydrogen-bond acceptors (Lipinski definition) is 3. The van der Waals surface area contributed by atoms with Crippen LogP contribution in [0.4, 0.5) is 0 Å². The molecule has 1 aliphatic carbocycles. The predicted molar refractivity (Wildman–Crippen MR) is 71.6 cm³/mol. The van der Waals surface area contributed by atoms with Crippen molar-refractivity contribution in [2.45, 2.75) is 38.1 Å². The molecule has 0 aromatic heterocycles. The Morgan fingerprint density at radius 2 is 2.00 bits per heavy atom. The summed E-state index contributed by atoms with van der Waals surface area (Å²) in [5.41, 5.74) is 1.03. The molecule has 0 heterocycles. The van der Waals surface area contributed by atoms with E-state index < -0.39 is 0 Å². The highest BCUT2D eigenvalue weighted by atomic mass is 16.3. The maximum atomic E-state index is 11.5. The summed E-state index contributed by atoms with van der Waals surface area (Å²) >= 11 is 0. The number of Topliss-reactive ketones (excluding diaryl/α,β-unsaturated/α-hetero) is 1. The lowest BCUT2D eigenvalue weighted by atomic mass is 9.75. The van der Waals surface area contributed by atoms with Gasteiger partial charge in [0.2, 0.25) is 0 Å². The SMILES string of the molecule is CCN(C)C1(c2cccc(O)c2)CCC(=O)CC1. The van der Waals surface area contributed by atoms with Crippen molar-refractivity contribution in [3.8, 4) is 5.75 Å². The van der Waals surface area contributed by atoms with Gasteiger partial charge in [-0.25, -0.2) is 0 Å². The highest BCUT2D eigenvalue weighted by Crippen LogP contribution is 2.41. The lowest BCUT2D eigenvalue weighted by Gasteiger charge is -2.44. The second kappa shape index (κ2) is 5.11. The molecule has 1 N–H and O–H groups in total. The Kier molecular flexibility index (Phi) is 3.71. The minimum atomic E-state index is -0.0958. The van der Waals surface area contributed by atoms with Gasteiger partial charge in [0.15, 0.2) is 0 Å². The number of nitrogens with zero attached hydrogens (tertiary/aromatic N) is 1. The fourth-order valence-electron chi connectivity index (χ4n) is 2.93. The molecule has 3 nitrogen and oxygen atoms in total. The van der Waals surface area contributed by atoms with Crippen LogP contribution >= 0.6 is 0 Å². The van der Waals surface area contributed by atoms with Crippen molar-refractivity contribution in [3.05, 3.63) is 29.8 Å². The molecule has 1 aromatic carbocycles. The zero-order chi connectivity index (χ0) is 13.2. The molecule has 2 rings (SSSR count). The van der Waals surface area contributed by atoms with Crippen LogP contribution in [0.25, 0.3) is 0 Å². The molecular formula is C15H21NO2. The lowest BCUT2D eigenvalue weighted by Crippen LogP contribution is -2.46. The zero-order valence-electron chi connectivity index (χ0n) is 11.1. The van der Waals surface area contributed by atoms with Crippen molar-refractivity contribution in [1.29, 1.82) is 0 Å². The molecule has 0 saturated heterocycles. The second-order valence-corrected chi connectivity index (χ2v) is 5.13. The monoisotopic (exact) mass is 247 g/mol. The van der Waals surface area contributed by atoms with Gasteiger partial charge >= 0.3 is 0 Å². The van der Waals surface area contributed by atoms with Gasteiger partial charge in [-0.05, 0) is 44.1 Å². The van der Waals surface area contributed by atoms with Crippen LogP contribution < -0.4 is 0 Å². The van der Waals surface area contributed by atoms with Crippen LogP contribution in [-0.4, -0.2) is 29.4 Å². The Balaban J connectivity index is 2.39. The summed E-state index contributed by atoms with van der Waals surface area (Å²) < 4.78 is 0. The van der Waals surface area contributed by atoms with E-state index in [-0.39, 0.29) is 5.54 Å². The standard InChI is InChI=1S/C15H21NO2/c1-3-16(2)15(9-7-13(17)8-10-15)12-5-4-6-14(18)11-12/h4-6,11,18H,3,7-10H2,1-2H3. The minimum Gasteiger partial charge on any atom is -0.508 e. The number of phenols is 1. The van der Waals surface area contributed by atoms with Gasteiger partial charge in [-0.3, -0.25) is 9.69 Å². The first-order chi connectivity index (χ1) is 8.58. The number of aromatic hydroxyl groups is 1. The van der Waals surface area contributed by atoms with Crippen molar-refractivity contribution in [2.24, 2.45) is 0 Å². The largest absolute Gasteiger partial charge is 0.508 e. The summed E-state index contributed by atoms with van der Waals surface area (Å²) in [5.74, 6) is 0.656. The van der Waals surface area contributed by atoms with Crippen LogP contribution in [0.3, 0.4) is 0 Å². The average Bonchev–Trinajstić information content (AvgIpc) is 2.39. The first-order valence-corrected chi connectivity index (χ1v) is 6.61. The number of carbonyl (C=O) groups is 1. The molecule has 0 spiro atoms. The quantitative estimate of drug-likeness (QED) is 0.892. The Labute approximate surface area is 108 Å². The Bertz CT molecular complexity index is 432. The molecule has 0 amide bonds. The van der Waals surface area contributed by atoms with Crippen LogP contribution in [0, 0.1) is 0 Å². The van der Waals surface area contributed by atoms with Crippen molar-refractivity contribution in [2.75, 3.05) is 13.6 Å². The van der Waals surface area contributed by atoms with Crippen molar-refractivity contribution < 1.29 is 9.90 Å². The topological polar surface area (TPSA) is 40.5 Å². The first kappa shape index (κ1) is 13.1. The summed E-state index contributed by atoms with van der Waals surface area (Å²) in [5, 5.41) is 9.68. The summed E-state index contributed by atoms with van der Waals surface area (Å²) in [7, 11) is 2.10. The molecule has 1 aromatic rings. The highest BCUT2D eigenvalue weighted by molar-refractivity contribution is 5.79. The summed E-state index contributed by atoms with van der Waals surface area (Å²) in [4.78, 5) is 13.8. The molecule has 1 aliphatic rings. The Morgan fingerprint density at radius 1 is 1.33 bits per heavy atom. The number of benzene rings is 1. The third kappa shape index (κ3) is 2.27. The fourth-order valence-corrected chi connectivity index (χ4v) is 2.93. The van der Waals surface area contributed by atoms with Gasteiger partial charge in [-0.15, -0.1) is 0 Å². The van der Waals surface area contributed by atoms with Crippen LogP contribution in [0.15, 0.2) is 24.3 Å².